The lowest BCUT2D eigenvalue weighted by molar-refractivity contribution is -0.138. The minimum absolute atomic E-state index is 0.0460. The number of imide groups is 2. The number of phenols is 1. The van der Waals surface area contributed by atoms with Crippen LogP contribution in [0.1, 0.15) is 45.8 Å². The number of fused-ring (bicyclic) bond motifs is 4. The van der Waals surface area contributed by atoms with E-state index in [1.807, 2.05) is 12.1 Å². The van der Waals surface area contributed by atoms with E-state index in [1.54, 1.807) is 91.0 Å². The van der Waals surface area contributed by atoms with Gasteiger partial charge in [0.05, 0.1) is 53.8 Å². The van der Waals surface area contributed by atoms with Gasteiger partial charge in [-0.25, -0.2) is 0 Å². The lowest BCUT2D eigenvalue weighted by atomic mass is 9.49. The van der Waals surface area contributed by atoms with Crippen molar-refractivity contribution >= 4 is 64.0 Å². The molecule has 2 heterocycles. The molecule has 0 aromatic heterocycles. The molecule has 302 valence electrons. The zero-order valence-corrected chi connectivity index (χ0v) is 33.8. The summed E-state index contributed by atoms with van der Waals surface area (Å²) >= 11 is 12.8. The van der Waals surface area contributed by atoms with Gasteiger partial charge in [-0.05, 0) is 85.0 Å². The van der Waals surface area contributed by atoms with Crippen molar-refractivity contribution in [2.75, 3.05) is 24.5 Å². The van der Waals surface area contributed by atoms with Crippen LogP contribution < -0.4 is 19.8 Å². The summed E-state index contributed by atoms with van der Waals surface area (Å²) in [5.41, 5.74) is 4.59. The number of carbonyl (C=O) groups excluding carboxylic acids is 5. The minimum Gasteiger partial charge on any atom is -0.508 e. The first kappa shape index (κ1) is 39.1. The molecule has 3 fully saturated rings. The molecule has 2 aliphatic carbocycles. The minimum atomic E-state index is -1.62. The molecule has 13 heteroatoms. The van der Waals surface area contributed by atoms with Gasteiger partial charge in [0.15, 0.2) is 5.78 Å². The second-order valence-corrected chi connectivity index (χ2v) is 16.2. The Balaban J connectivity index is 1.18. The fourth-order valence-electron chi connectivity index (χ4n) is 9.90. The SMILES string of the molecule is COc1ccc([C@@]23C(=O)N(Nc4ccc(Cl)cc4Cl)C(=O)[C@@H]2C[C@@H]2C(=CC[C@@H]4C(=O)N(c5ccc(C(=O)c6ccccc6)cc5)C(=O)[C@@H]42)[C@@H]3c2ccc(O)cc2OC)cc1. The van der Waals surface area contributed by atoms with Crippen molar-refractivity contribution in [3.63, 3.8) is 0 Å². The molecule has 5 aromatic carbocycles. The van der Waals surface area contributed by atoms with Crippen molar-refractivity contribution in [2.45, 2.75) is 24.2 Å². The van der Waals surface area contributed by atoms with Gasteiger partial charge >= 0.3 is 0 Å². The van der Waals surface area contributed by atoms with Crippen LogP contribution >= 0.6 is 23.2 Å². The van der Waals surface area contributed by atoms with Gasteiger partial charge in [0.1, 0.15) is 17.2 Å². The van der Waals surface area contributed by atoms with Gasteiger partial charge in [-0.3, -0.25) is 34.3 Å². The summed E-state index contributed by atoms with van der Waals surface area (Å²) in [6, 6.07) is 31.5. The van der Waals surface area contributed by atoms with Gasteiger partial charge in [-0.1, -0.05) is 83.4 Å². The number of aromatic hydroxyl groups is 1. The third-order valence-corrected chi connectivity index (χ3v) is 13.1. The molecule has 0 unspecified atom stereocenters. The second-order valence-electron chi connectivity index (χ2n) is 15.4. The first-order valence-electron chi connectivity index (χ1n) is 19.4. The molecule has 4 amide bonds. The van der Waals surface area contributed by atoms with Crippen molar-refractivity contribution in [3.8, 4) is 17.2 Å². The van der Waals surface area contributed by atoms with Gasteiger partial charge < -0.3 is 14.6 Å². The van der Waals surface area contributed by atoms with Crippen LogP contribution in [0, 0.1) is 23.7 Å². The van der Waals surface area contributed by atoms with E-state index in [-0.39, 0.29) is 46.7 Å². The summed E-state index contributed by atoms with van der Waals surface area (Å²) in [5.74, 6) is -5.70. The van der Waals surface area contributed by atoms with Crippen LogP contribution in [0.3, 0.4) is 0 Å². The topological polar surface area (TPSA) is 143 Å². The van der Waals surface area contributed by atoms with Crippen molar-refractivity contribution in [3.05, 3.63) is 159 Å². The van der Waals surface area contributed by atoms with Gasteiger partial charge in [-0.2, -0.15) is 5.01 Å². The van der Waals surface area contributed by atoms with Crippen molar-refractivity contribution < 1.29 is 38.6 Å². The quantitative estimate of drug-likeness (QED) is 0.0855. The summed E-state index contributed by atoms with van der Waals surface area (Å²) in [4.78, 5) is 74.2. The van der Waals surface area contributed by atoms with Crippen LogP contribution in [-0.4, -0.2) is 53.7 Å². The molecule has 11 nitrogen and oxygen atoms in total. The Bertz CT molecular complexity index is 2630. The zero-order chi connectivity index (χ0) is 42.0. The van der Waals surface area contributed by atoms with Crippen LogP contribution in [0.5, 0.6) is 17.2 Å². The summed E-state index contributed by atoms with van der Waals surface area (Å²) in [6.45, 7) is 0. The number of carbonyl (C=O) groups is 5. The Labute approximate surface area is 355 Å². The number of halogens is 2. The van der Waals surface area contributed by atoms with E-state index in [9.17, 15) is 19.5 Å². The first-order valence-corrected chi connectivity index (χ1v) is 20.1. The molecule has 2 saturated heterocycles. The Kier molecular flexibility index (Phi) is 9.76. The first-order chi connectivity index (χ1) is 29.0. The molecular formula is C47H37Cl2N3O8. The smallest absolute Gasteiger partial charge is 0.260 e. The van der Waals surface area contributed by atoms with E-state index >= 15 is 9.59 Å². The molecule has 60 heavy (non-hydrogen) atoms. The largest absolute Gasteiger partial charge is 0.508 e. The summed E-state index contributed by atoms with van der Waals surface area (Å²) < 4.78 is 11.4. The molecular weight excluding hydrogens is 805 g/mol. The number of hydrogen-bond acceptors (Lipinski definition) is 9. The number of hydrogen-bond donors (Lipinski definition) is 2. The monoisotopic (exact) mass is 841 g/mol. The summed E-state index contributed by atoms with van der Waals surface area (Å²) in [5, 5.41) is 12.2. The normalized spacial score (nSPS) is 24.4. The van der Waals surface area contributed by atoms with E-state index < -0.39 is 52.7 Å². The molecule has 5 aromatic rings. The predicted molar refractivity (Wildman–Crippen MR) is 224 cm³/mol. The maximum atomic E-state index is 15.6. The van der Waals surface area contributed by atoms with E-state index in [2.05, 4.69) is 5.43 Å². The lowest BCUT2D eigenvalue weighted by Gasteiger charge is -2.50. The molecule has 9 rings (SSSR count). The Morgan fingerprint density at radius 2 is 1.50 bits per heavy atom. The molecule has 4 aliphatic rings. The third kappa shape index (κ3) is 5.97. The maximum Gasteiger partial charge on any atom is 0.260 e. The summed E-state index contributed by atoms with van der Waals surface area (Å²) in [7, 11) is 2.98. The average Bonchev–Trinajstić information content (AvgIpc) is 3.65. The molecule has 0 bridgehead atoms. The van der Waals surface area contributed by atoms with Gasteiger partial charge in [0.2, 0.25) is 11.8 Å². The number of nitrogens with zero attached hydrogens (tertiary/aromatic N) is 2. The number of benzene rings is 5. The van der Waals surface area contributed by atoms with Crippen molar-refractivity contribution in [1.82, 2.24) is 5.01 Å². The third-order valence-electron chi connectivity index (χ3n) is 12.5. The highest BCUT2D eigenvalue weighted by atomic mass is 35.5. The highest BCUT2D eigenvalue weighted by Gasteiger charge is 2.70. The number of ether oxygens (including phenoxy) is 2. The number of methoxy groups -OCH3 is 2. The predicted octanol–water partition coefficient (Wildman–Crippen LogP) is 8.14. The van der Waals surface area contributed by atoms with Crippen molar-refractivity contribution in [2.24, 2.45) is 23.7 Å². The number of anilines is 2. The molecule has 0 spiro atoms. The number of amides is 4. The van der Waals surface area contributed by atoms with Crippen LogP contribution in [0.15, 0.2) is 127 Å². The highest BCUT2D eigenvalue weighted by Crippen LogP contribution is 2.65. The van der Waals surface area contributed by atoms with Gasteiger partial charge in [-0.15, -0.1) is 0 Å². The van der Waals surface area contributed by atoms with E-state index in [0.717, 1.165) is 5.01 Å². The Morgan fingerprint density at radius 3 is 2.18 bits per heavy atom. The number of ketones is 1. The van der Waals surface area contributed by atoms with Gasteiger partial charge in [0.25, 0.3) is 11.8 Å². The Morgan fingerprint density at radius 1 is 0.783 bits per heavy atom. The fraction of sp³-hybridized carbons (Fsp3) is 0.213. The molecule has 0 radical (unpaired) electrons. The van der Waals surface area contributed by atoms with Crippen LogP contribution in [0.25, 0.3) is 0 Å². The zero-order valence-electron chi connectivity index (χ0n) is 32.3. The van der Waals surface area contributed by atoms with E-state index in [0.29, 0.717) is 44.3 Å². The number of hydrazine groups is 1. The molecule has 6 atom stereocenters. The number of allylic oxidation sites excluding steroid dienone is 2. The summed E-state index contributed by atoms with van der Waals surface area (Å²) in [6.07, 6.45) is 2.17. The second kappa shape index (κ2) is 15.0. The lowest BCUT2D eigenvalue weighted by Crippen LogP contribution is -2.53. The van der Waals surface area contributed by atoms with Crippen LogP contribution in [0.4, 0.5) is 11.4 Å². The molecule has 1 saturated carbocycles. The number of phenolic OH excluding ortho intramolecular Hbond substituents is 1. The number of nitrogens with one attached hydrogen (secondary N) is 1. The van der Waals surface area contributed by atoms with E-state index in [4.69, 9.17) is 32.7 Å². The standard InChI is InChI=1S/C47H37Cl2N3O8/c1-59-31-16-10-27(11-17-31)47-36(44(56)52(46(47)58)50-38-21-12-28(48)22-37(38)49)24-35-32(41(47)33-18-15-30(53)23-39(33)60-2)19-20-34-40(35)45(57)51(43(34)55)29-13-8-26(9-14-29)42(54)25-6-4-3-5-7-25/h3-19,21-23,34-36,40-41,50,53H,20,24H2,1-2H3/t34-,35+,36-,40-,41+,47+/m0/s1. The van der Waals surface area contributed by atoms with Crippen LogP contribution in [-0.2, 0) is 24.6 Å². The average molecular weight is 843 g/mol. The van der Waals surface area contributed by atoms with Crippen LogP contribution in [0.2, 0.25) is 10.0 Å². The number of rotatable bonds is 9. The molecule has 2 N–H and O–H groups in total. The highest BCUT2D eigenvalue weighted by molar-refractivity contribution is 6.36. The van der Waals surface area contributed by atoms with Crippen molar-refractivity contribution in [1.29, 1.82) is 0 Å². The van der Waals surface area contributed by atoms with Gasteiger partial charge in [0, 0.05) is 33.7 Å². The Hall–Kier alpha value is -6.43. The maximum absolute atomic E-state index is 15.6. The molecule has 2 aliphatic heterocycles. The van der Waals surface area contributed by atoms with E-state index in [1.165, 1.54) is 37.3 Å². The fourth-order valence-corrected chi connectivity index (χ4v) is 10.3.